The van der Waals surface area contributed by atoms with Gasteiger partial charge in [-0.3, -0.25) is 0 Å². The summed E-state index contributed by atoms with van der Waals surface area (Å²) in [5, 5.41) is -1.94. The molecule has 0 aromatic heterocycles. The van der Waals surface area contributed by atoms with Crippen LogP contribution in [0, 0.1) is 0 Å². The summed E-state index contributed by atoms with van der Waals surface area (Å²) >= 11 is -0.106. The first kappa shape index (κ1) is 85.7. The van der Waals surface area contributed by atoms with Crippen molar-refractivity contribution in [2.24, 2.45) is 0 Å². The van der Waals surface area contributed by atoms with E-state index in [2.05, 4.69) is 14.2 Å². The van der Waals surface area contributed by atoms with Gasteiger partial charge in [-0.2, -0.15) is 198 Å². The van der Waals surface area contributed by atoms with Gasteiger partial charge in [0.15, 0.2) is 19.8 Å². The van der Waals surface area contributed by atoms with Gasteiger partial charge in [-0.25, -0.2) is 0 Å². The van der Waals surface area contributed by atoms with Crippen molar-refractivity contribution in [3.05, 3.63) is 72.8 Å². The van der Waals surface area contributed by atoms with Gasteiger partial charge in [-0.05, 0) is 60.2 Å². The van der Waals surface area contributed by atoms with Gasteiger partial charge < -0.3 is 14.2 Å². The van der Waals surface area contributed by atoms with Crippen LogP contribution in [0.5, 0.6) is 17.2 Å². The maximum atomic E-state index is 14.5. The number of hydrogen-bond acceptors (Lipinski definition) is 3. The Morgan fingerprint density at radius 3 is 0.489 bits per heavy atom. The molecule has 0 aliphatic carbocycles. The summed E-state index contributed by atoms with van der Waals surface area (Å²) < 4.78 is 626. The van der Waals surface area contributed by atoms with Crippen LogP contribution in [0.1, 0.15) is 0 Å². The van der Waals surface area contributed by atoms with Crippen molar-refractivity contribution in [2.75, 3.05) is 19.8 Å². The molecule has 52 heteroatoms. The Labute approximate surface area is 504 Å². The quantitative estimate of drug-likeness (QED) is 0.0433. The molecule has 0 saturated carbocycles. The molecule has 0 aliphatic rings. The molecule has 3 nitrogen and oxygen atoms in total. The van der Waals surface area contributed by atoms with Gasteiger partial charge in [0.1, 0.15) is 17.2 Å². The molecule has 0 heterocycles. The fourth-order valence-corrected chi connectivity index (χ4v) is 8.55. The second kappa shape index (κ2) is 26.0. The summed E-state index contributed by atoms with van der Waals surface area (Å²) in [7, 11) is 6.66. The van der Waals surface area contributed by atoms with Gasteiger partial charge in [-0.1, -0.05) is 36.4 Å². The number of alkyl halides is 45. The number of halogens is 47. The Morgan fingerprint density at radius 2 is 0.351 bits per heavy atom. The van der Waals surface area contributed by atoms with Crippen molar-refractivity contribution in [1.82, 2.24) is 0 Å². The first-order valence-corrected chi connectivity index (χ1v) is 27.3. The predicted molar refractivity (Wildman–Crippen MR) is 221 cm³/mol. The fourth-order valence-electron chi connectivity index (χ4n) is 6.31. The van der Waals surface area contributed by atoms with Crippen molar-refractivity contribution in [3.63, 3.8) is 0 Å². The zero-order valence-electron chi connectivity index (χ0n) is 42.3. The predicted octanol–water partition coefficient (Wildman–Crippen LogP) is 19.1. The molecular weight excluding hydrogens is 1620 g/mol. The molecule has 0 aliphatic heterocycles. The van der Waals surface area contributed by atoms with Crippen LogP contribution in [-0.4, -0.2) is 145 Å². The zero-order chi connectivity index (χ0) is 75.0. The normalized spacial score (nSPS) is 15.5. The molecule has 0 bridgehead atoms. The van der Waals surface area contributed by atoms with Crippen LogP contribution in [0.15, 0.2) is 72.8 Å². The van der Waals surface area contributed by atoms with Gasteiger partial charge in [0, 0.05) is 0 Å². The van der Waals surface area contributed by atoms with Crippen LogP contribution in [-0.2, 0) is 15.9 Å². The molecular formula is C42H18Cl2F45O3PPd. The summed E-state index contributed by atoms with van der Waals surface area (Å²) in [6, 6.07) is 2.98. The molecule has 3 aromatic rings. The van der Waals surface area contributed by atoms with Crippen molar-refractivity contribution in [3.8, 4) is 17.2 Å². The van der Waals surface area contributed by atoms with E-state index in [1.165, 1.54) is 0 Å². The van der Waals surface area contributed by atoms with Crippen LogP contribution < -0.4 is 30.1 Å². The standard InChI is InChI=1S/C42H18F45O3P.2ClH.Pd/c43-22(44,25(49,50)28(55,56)31(61,62)34(67,68)37(73,74)40(79,80)81)13-88-16-1-7-19(8-2-16)91(20-9-3-17(4-10-20)89-14-23(45,46)26(51,52)29(57,58)32(63,64)35(69,70)38(75,76)41(82,83)84)21-11-5-18(6-12-21)90-15-24(47,48)27(53,54)30(59,60)33(65,66)36(71,72)39(77,78)42(85,86)87;;;/h1-12H,13-15H2;2*1H;/q;;;+2/p-2. The van der Waals surface area contributed by atoms with E-state index in [1.54, 1.807) is 0 Å². The summed E-state index contributed by atoms with van der Waals surface area (Å²) in [5.74, 6) is -154. The fraction of sp³-hybridized carbons (Fsp3) is 0.571. The Balaban J connectivity index is 0.00000982. The number of benzene rings is 3. The monoisotopic (exact) mass is 1630 g/mol. The van der Waals surface area contributed by atoms with Gasteiger partial charge in [0.25, 0.3) is 0 Å². The number of rotatable bonds is 27. The van der Waals surface area contributed by atoms with Crippen LogP contribution in [0.2, 0.25) is 0 Å². The van der Waals surface area contributed by atoms with Gasteiger partial charge in [0.2, 0.25) is 0 Å². The minimum absolute atomic E-state index is 0.106. The van der Waals surface area contributed by atoms with Crippen molar-refractivity contribution in [2.45, 2.75) is 125 Å². The average molecular weight is 1630 g/mol. The molecule has 3 aromatic carbocycles. The van der Waals surface area contributed by atoms with Gasteiger partial charge in [-0.15, -0.1) is 0 Å². The summed E-state index contributed by atoms with van der Waals surface area (Å²) in [6.45, 7) is -10.5. The summed E-state index contributed by atoms with van der Waals surface area (Å²) in [5.41, 5.74) is 0. The van der Waals surface area contributed by atoms with Crippen molar-refractivity contribution in [1.29, 1.82) is 0 Å². The third kappa shape index (κ3) is 13.9. The molecule has 0 N–H and O–H groups in total. The summed E-state index contributed by atoms with van der Waals surface area (Å²) in [6.07, 6.45) is -24.0. The van der Waals surface area contributed by atoms with E-state index in [1.807, 2.05) is 0 Å². The van der Waals surface area contributed by atoms with Gasteiger partial charge in [0.05, 0.1) is 0 Å². The molecule has 94 heavy (non-hydrogen) atoms. The van der Waals surface area contributed by atoms with E-state index in [4.69, 9.17) is 19.1 Å². The second-order valence-corrected chi connectivity index (χ2v) is 22.5. The molecule has 0 atom stereocenters. The minimum atomic E-state index is -8.77. The number of hydrogen-bond donors (Lipinski definition) is 0. The Morgan fingerprint density at radius 1 is 0.223 bits per heavy atom. The Kier molecular flexibility index (Phi) is 23.7. The molecule has 0 spiro atoms. The topological polar surface area (TPSA) is 27.7 Å². The first-order chi connectivity index (χ1) is 41.1. The van der Waals surface area contributed by atoms with E-state index in [0.29, 0.717) is 36.4 Å². The van der Waals surface area contributed by atoms with Crippen LogP contribution in [0.4, 0.5) is 198 Å². The molecule has 0 unspecified atom stereocenters. The summed E-state index contributed by atoms with van der Waals surface area (Å²) in [4.78, 5) is 0. The van der Waals surface area contributed by atoms with E-state index in [0.717, 1.165) is 0 Å². The molecule has 3 rings (SSSR count). The van der Waals surface area contributed by atoms with Crippen molar-refractivity contribution < 1.29 is 228 Å². The van der Waals surface area contributed by atoms with E-state index in [9.17, 15) is 198 Å². The maximum absolute atomic E-state index is 14.5. The third-order valence-corrected chi connectivity index (χ3v) is 14.2. The molecule has 0 saturated heterocycles. The number of ether oxygens (including phenoxy) is 3. The van der Waals surface area contributed by atoms with E-state index in [-0.39, 0.29) is 52.3 Å². The van der Waals surface area contributed by atoms with Crippen LogP contribution >= 0.6 is 27.0 Å². The van der Waals surface area contributed by atoms with Crippen molar-refractivity contribution >= 4 is 42.9 Å². The van der Waals surface area contributed by atoms with Gasteiger partial charge >= 0.3 is 160 Å². The van der Waals surface area contributed by atoms with E-state index < -0.39 is 186 Å². The molecule has 0 fully saturated rings. The average Bonchev–Trinajstić information content (AvgIpc) is 0.716. The SMILES string of the molecule is FC(F)(F)C(F)(F)C(F)(F)C(F)(F)C(F)(F)C(F)(F)C(F)(F)COc1ccc(P(c2ccc(OCC(F)(F)C(F)(F)C(F)(F)C(F)(F)C(F)(F)C(F)(F)C(F)(F)F)cc2)c2ccc(OCC(F)(F)C(F)(F)C(F)(F)C(F)(F)C(F)(F)C(F)(F)C(F)(F)F)cc2)cc1.[Cl][Pd][Cl]. The zero-order valence-corrected chi connectivity index (χ0v) is 46.3. The Hall–Kier alpha value is -4.42. The molecule has 548 valence electrons. The molecule has 0 radical (unpaired) electrons. The first-order valence-electron chi connectivity index (χ1n) is 21.9. The Bertz CT molecular complexity index is 2700. The van der Waals surface area contributed by atoms with Crippen LogP contribution in [0.25, 0.3) is 0 Å². The van der Waals surface area contributed by atoms with Crippen LogP contribution in [0.3, 0.4) is 0 Å². The molecule has 0 amide bonds. The third-order valence-electron chi connectivity index (χ3n) is 11.7. The second-order valence-electron chi connectivity index (χ2n) is 18.0. The van der Waals surface area contributed by atoms with E-state index >= 15 is 0 Å².